The molecule has 0 aliphatic carbocycles. The summed E-state index contributed by atoms with van der Waals surface area (Å²) >= 11 is 0. The summed E-state index contributed by atoms with van der Waals surface area (Å²) in [6.45, 7) is 11.3. The number of rotatable bonds is 12. The molecule has 3 aromatic rings. The van der Waals surface area contributed by atoms with Crippen molar-refractivity contribution in [1.29, 1.82) is 0 Å². The van der Waals surface area contributed by atoms with Gasteiger partial charge in [-0.05, 0) is 70.2 Å². The first kappa shape index (κ1) is 24.2. The van der Waals surface area contributed by atoms with Gasteiger partial charge < -0.3 is 9.47 Å². The predicted molar refractivity (Wildman–Crippen MR) is 134 cm³/mol. The van der Waals surface area contributed by atoms with Crippen molar-refractivity contribution in [2.75, 3.05) is 0 Å². The average Bonchev–Trinajstić information content (AvgIpc) is 2.83. The zero-order valence-electron chi connectivity index (χ0n) is 20.2. The van der Waals surface area contributed by atoms with E-state index in [-0.39, 0.29) is 0 Å². The monoisotopic (exact) mass is 430 g/mol. The van der Waals surface area contributed by atoms with E-state index in [0.717, 1.165) is 25.7 Å². The van der Waals surface area contributed by atoms with Crippen LogP contribution in [-0.4, -0.2) is 0 Å². The fraction of sp³-hybridized carbons (Fsp3) is 0.400. The van der Waals surface area contributed by atoms with Crippen LogP contribution in [-0.2, 0) is 61.6 Å². The van der Waals surface area contributed by atoms with Crippen LogP contribution in [0.25, 0.3) is 0 Å². The molecule has 0 radical (unpaired) electrons. The molecule has 170 valence electrons. The number of benzene rings is 3. The van der Waals surface area contributed by atoms with Crippen LogP contribution in [0.15, 0.2) is 60.7 Å². The highest BCUT2D eigenvalue weighted by Crippen LogP contribution is 2.16. The Kier molecular flexibility index (Phi) is 9.52. The van der Waals surface area contributed by atoms with Crippen molar-refractivity contribution in [2.24, 2.45) is 0 Å². The smallest absolute Gasteiger partial charge is 0.0721 e. The Labute approximate surface area is 194 Å². The molecule has 0 spiro atoms. The van der Waals surface area contributed by atoms with Crippen LogP contribution in [0.4, 0.5) is 0 Å². The van der Waals surface area contributed by atoms with Crippen molar-refractivity contribution in [3.8, 4) is 0 Å². The van der Waals surface area contributed by atoms with E-state index in [4.69, 9.17) is 9.47 Å². The van der Waals surface area contributed by atoms with E-state index in [0.29, 0.717) is 26.4 Å². The minimum atomic E-state index is 0.615. The second kappa shape index (κ2) is 12.6. The van der Waals surface area contributed by atoms with Crippen LogP contribution >= 0.6 is 0 Å². The fourth-order valence-corrected chi connectivity index (χ4v) is 4.04. The van der Waals surface area contributed by atoms with Crippen molar-refractivity contribution in [3.05, 3.63) is 105 Å². The van der Waals surface area contributed by atoms with Gasteiger partial charge in [0, 0.05) is 0 Å². The summed E-state index contributed by atoms with van der Waals surface area (Å²) in [5.74, 6) is 0. The lowest BCUT2D eigenvalue weighted by atomic mass is 10.0. The van der Waals surface area contributed by atoms with Gasteiger partial charge in [0.2, 0.25) is 0 Å². The van der Waals surface area contributed by atoms with Crippen LogP contribution in [0, 0.1) is 0 Å². The summed E-state index contributed by atoms with van der Waals surface area (Å²) in [6, 6.07) is 22.2. The molecule has 0 fully saturated rings. The number of hydrogen-bond donors (Lipinski definition) is 0. The Morgan fingerprint density at radius 2 is 0.688 bits per heavy atom. The molecule has 0 aliphatic heterocycles. The quantitative estimate of drug-likeness (QED) is 0.299. The van der Waals surface area contributed by atoms with Crippen LogP contribution in [0.2, 0.25) is 0 Å². The lowest BCUT2D eigenvalue weighted by molar-refractivity contribution is 0.103. The van der Waals surface area contributed by atoms with Crippen LogP contribution in [0.5, 0.6) is 0 Å². The highest BCUT2D eigenvalue weighted by molar-refractivity contribution is 5.31. The summed E-state index contributed by atoms with van der Waals surface area (Å²) < 4.78 is 12.1. The third-order valence-corrected chi connectivity index (χ3v) is 5.92. The fourth-order valence-electron chi connectivity index (χ4n) is 4.04. The molecule has 0 unspecified atom stereocenters. The van der Waals surface area contributed by atoms with E-state index in [1.165, 1.54) is 44.5 Å². The van der Waals surface area contributed by atoms with E-state index >= 15 is 0 Å². The molecular weight excluding hydrogens is 392 g/mol. The van der Waals surface area contributed by atoms with Gasteiger partial charge in [0.15, 0.2) is 0 Å². The normalized spacial score (nSPS) is 11.1. The van der Waals surface area contributed by atoms with Crippen LogP contribution in [0.1, 0.15) is 72.2 Å². The minimum absolute atomic E-state index is 0.615. The first-order valence-corrected chi connectivity index (χ1v) is 12.1. The number of ether oxygens (including phenoxy) is 2. The number of hydrogen-bond acceptors (Lipinski definition) is 2. The summed E-state index contributed by atoms with van der Waals surface area (Å²) in [6.07, 6.45) is 4.24. The molecule has 3 rings (SSSR count). The van der Waals surface area contributed by atoms with Gasteiger partial charge in [-0.1, -0.05) is 88.4 Å². The molecule has 0 saturated heterocycles. The molecule has 0 atom stereocenters. The minimum Gasteiger partial charge on any atom is -0.372 e. The molecule has 0 bridgehead atoms. The number of aryl methyl sites for hydroxylation is 4. The molecule has 0 saturated carbocycles. The molecule has 0 heterocycles. The summed E-state index contributed by atoms with van der Waals surface area (Å²) in [4.78, 5) is 0. The van der Waals surface area contributed by atoms with Gasteiger partial charge in [-0.25, -0.2) is 0 Å². The Bertz CT molecular complexity index is 869. The molecule has 0 aromatic heterocycles. The van der Waals surface area contributed by atoms with E-state index in [1.54, 1.807) is 0 Å². The van der Waals surface area contributed by atoms with Crippen molar-refractivity contribution in [3.63, 3.8) is 0 Å². The molecular formula is C30H38O2. The van der Waals surface area contributed by atoms with E-state index in [1.807, 2.05) is 0 Å². The van der Waals surface area contributed by atoms with Crippen molar-refractivity contribution in [2.45, 2.75) is 79.8 Å². The topological polar surface area (TPSA) is 18.5 Å². The lowest BCUT2D eigenvalue weighted by Crippen LogP contribution is -1.99. The Morgan fingerprint density at radius 1 is 0.406 bits per heavy atom. The van der Waals surface area contributed by atoms with Gasteiger partial charge in [-0.2, -0.15) is 0 Å². The van der Waals surface area contributed by atoms with Crippen LogP contribution < -0.4 is 0 Å². The SMILES string of the molecule is CCc1cc(CC)cc(COCc2cccc(COCc3cc(CC)cc(CC)c3)c2)c1. The molecule has 2 nitrogen and oxygen atoms in total. The first-order chi connectivity index (χ1) is 15.6. The average molecular weight is 431 g/mol. The van der Waals surface area contributed by atoms with Crippen LogP contribution in [0.3, 0.4) is 0 Å². The maximum atomic E-state index is 6.04. The summed E-state index contributed by atoms with van der Waals surface area (Å²) in [7, 11) is 0. The van der Waals surface area contributed by atoms with Crippen molar-refractivity contribution in [1.82, 2.24) is 0 Å². The van der Waals surface area contributed by atoms with E-state index in [9.17, 15) is 0 Å². The molecule has 0 aliphatic rings. The highest BCUT2D eigenvalue weighted by atomic mass is 16.5. The van der Waals surface area contributed by atoms with Gasteiger partial charge in [-0.15, -0.1) is 0 Å². The Morgan fingerprint density at radius 3 is 1.03 bits per heavy atom. The molecule has 0 N–H and O–H groups in total. The van der Waals surface area contributed by atoms with Gasteiger partial charge in [-0.3, -0.25) is 0 Å². The van der Waals surface area contributed by atoms with E-state index < -0.39 is 0 Å². The van der Waals surface area contributed by atoms with Gasteiger partial charge in [0.25, 0.3) is 0 Å². The second-order valence-electron chi connectivity index (χ2n) is 8.54. The first-order valence-electron chi connectivity index (χ1n) is 12.1. The highest BCUT2D eigenvalue weighted by Gasteiger charge is 2.03. The molecule has 3 aromatic carbocycles. The lowest BCUT2D eigenvalue weighted by Gasteiger charge is -2.11. The van der Waals surface area contributed by atoms with Crippen molar-refractivity contribution >= 4 is 0 Å². The van der Waals surface area contributed by atoms with Crippen molar-refractivity contribution < 1.29 is 9.47 Å². The third-order valence-electron chi connectivity index (χ3n) is 5.92. The zero-order chi connectivity index (χ0) is 22.8. The predicted octanol–water partition coefficient (Wildman–Crippen LogP) is 7.37. The Balaban J connectivity index is 1.51. The molecule has 2 heteroatoms. The summed E-state index contributed by atoms with van der Waals surface area (Å²) in [5.41, 5.74) is 10.5. The van der Waals surface area contributed by atoms with E-state index in [2.05, 4.69) is 88.4 Å². The van der Waals surface area contributed by atoms with Gasteiger partial charge >= 0.3 is 0 Å². The second-order valence-corrected chi connectivity index (χ2v) is 8.54. The van der Waals surface area contributed by atoms with Gasteiger partial charge in [0.1, 0.15) is 0 Å². The molecule has 0 amide bonds. The summed E-state index contributed by atoms with van der Waals surface area (Å²) in [5, 5.41) is 0. The maximum Gasteiger partial charge on any atom is 0.0721 e. The largest absolute Gasteiger partial charge is 0.372 e. The third kappa shape index (κ3) is 7.32. The van der Waals surface area contributed by atoms with Gasteiger partial charge in [0.05, 0.1) is 26.4 Å². The zero-order valence-corrected chi connectivity index (χ0v) is 20.2. The standard InChI is InChI=1S/C30H38O2/c1-5-23-12-24(6-2)15-29(14-23)21-31-19-27-10-9-11-28(18-27)20-32-22-30-16-25(7-3)13-26(8-4)17-30/h9-18H,5-8,19-22H2,1-4H3. The maximum absolute atomic E-state index is 6.04. The Hall–Kier alpha value is -2.42. The molecule has 32 heavy (non-hydrogen) atoms.